The van der Waals surface area contributed by atoms with Crippen molar-refractivity contribution in [2.45, 2.75) is 26.3 Å². The van der Waals surface area contributed by atoms with Crippen LogP contribution in [0.3, 0.4) is 0 Å². The van der Waals surface area contributed by atoms with Gasteiger partial charge in [0.15, 0.2) is 0 Å². The number of carbonyl (C=O) groups excluding carboxylic acids is 1. The number of hydrogen-bond acceptors (Lipinski definition) is 2. The molecular weight excluding hydrogens is 170 g/mol. The van der Waals surface area contributed by atoms with Gasteiger partial charge in [0.25, 0.3) is 5.91 Å². The molecule has 0 spiro atoms. The topological polar surface area (TPSA) is 29.1 Å². The molecule has 0 unspecified atom stereocenters. The highest BCUT2D eigenvalue weighted by Crippen LogP contribution is 2.26. The summed E-state index contributed by atoms with van der Waals surface area (Å²) in [5.41, 5.74) is 1.19. The lowest BCUT2D eigenvalue weighted by Crippen LogP contribution is -2.12. The molecule has 0 aliphatic carbocycles. The van der Waals surface area contributed by atoms with Crippen LogP contribution in [0.4, 0.5) is 0 Å². The van der Waals surface area contributed by atoms with Crippen molar-refractivity contribution in [2.24, 2.45) is 0 Å². The zero-order chi connectivity index (χ0) is 8.55. The molecule has 0 radical (unpaired) electrons. The Morgan fingerprint density at radius 1 is 1.67 bits per heavy atom. The zero-order valence-electron chi connectivity index (χ0n) is 7.02. The number of amides is 1. The predicted octanol–water partition coefficient (Wildman–Crippen LogP) is 1.94. The third-order valence-corrected chi connectivity index (χ3v) is 3.24. The fraction of sp³-hybridized carbons (Fsp3) is 0.444. The van der Waals surface area contributed by atoms with Crippen LogP contribution in [-0.4, -0.2) is 5.91 Å². The summed E-state index contributed by atoms with van der Waals surface area (Å²) >= 11 is 1.64. The Morgan fingerprint density at radius 3 is 3.17 bits per heavy atom. The van der Waals surface area contributed by atoms with Gasteiger partial charge in [-0.3, -0.25) is 4.79 Å². The van der Waals surface area contributed by atoms with Gasteiger partial charge in [-0.1, -0.05) is 13.3 Å². The van der Waals surface area contributed by atoms with Crippen LogP contribution in [0.1, 0.15) is 33.5 Å². The molecule has 0 aromatic carbocycles. The van der Waals surface area contributed by atoms with Crippen LogP contribution in [0.25, 0.3) is 0 Å². The first-order valence-electron chi connectivity index (χ1n) is 4.21. The minimum Gasteiger partial charge on any atom is -0.347 e. The van der Waals surface area contributed by atoms with E-state index in [4.69, 9.17) is 0 Å². The molecule has 1 aliphatic rings. The summed E-state index contributed by atoms with van der Waals surface area (Å²) in [7, 11) is 0. The molecule has 1 N–H and O–H groups in total. The lowest BCUT2D eigenvalue weighted by atomic mass is 10.2. The summed E-state index contributed by atoms with van der Waals surface area (Å²) in [5, 5.41) is 2.81. The molecule has 1 aromatic rings. The van der Waals surface area contributed by atoms with E-state index in [9.17, 15) is 4.79 Å². The number of hydrogen-bond donors (Lipinski definition) is 1. The van der Waals surface area contributed by atoms with Crippen LogP contribution < -0.4 is 5.32 Å². The number of nitrogens with one attached hydrogen (secondary N) is 1. The number of fused-ring (bicyclic) bond motifs is 1. The summed E-state index contributed by atoms with van der Waals surface area (Å²) in [6.07, 6.45) is 2.26. The largest absolute Gasteiger partial charge is 0.347 e. The minimum atomic E-state index is 0.109. The Bertz CT molecular complexity index is 316. The standard InChI is InChI=1S/C9H11NOS/c1-2-3-7-4-6-5-10-9(11)8(6)12-7/h4H,2-3,5H2,1H3,(H,10,11). The van der Waals surface area contributed by atoms with Gasteiger partial charge in [-0.2, -0.15) is 0 Å². The van der Waals surface area contributed by atoms with Crippen molar-refractivity contribution in [3.8, 4) is 0 Å². The van der Waals surface area contributed by atoms with E-state index in [0.717, 1.165) is 24.3 Å². The minimum absolute atomic E-state index is 0.109. The van der Waals surface area contributed by atoms with E-state index in [1.54, 1.807) is 11.3 Å². The van der Waals surface area contributed by atoms with E-state index < -0.39 is 0 Å². The van der Waals surface area contributed by atoms with Crippen molar-refractivity contribution in [1.82, 2.24) is 5.32 Å². The van der Waals surface area contributed by atoms with Crippen LogP contribution in [-0.2, 0) is 13.0 Å². The second-order valence-electron chi connectivity index (χ2n) is 3.00. The summed E-state index contributed by atoms with van der Waals surface area (Å²) in [4.78, 5) is 13.5. The first kappa shape index (κ1) is 7.80. The Labute approximate surface area is 75.6 Å². The van der Waals surface area contributed by atoms with Crippen LogP contribution in [0.15, 0.2) is 6.07 Å². The maximum absolute atomic E-state index is 11.2. The van der Waals surface area contributed by atoms with Gasteiger partial charge in [-0.15, -0.1) is 11.3 Å². The van der Waals surface area contributed by atoms with E-state index >= 15 is 0 Å². The molecule has 2 nitrogen and oxygen atoms in total. The molecule has 0 saturated carbocycles. The lowest BCUT2D eigenvalue weighted by molar-refractivity contribution is 0.0969. The van der Waals surface area contributed by atoms with Crippen molar-refractivity contribution in [3.63, 3.8) is 0 Å². The molecule has 0 fully saturated rings. The van der Waals surface area contributed by atoms with Crippen molar-refractivity contribution < 1.29 is 4.79 Å². The molecule has 64 valence electrons. The van der Waals surface area contributed by atoms with E-state index in [2.05, 4.69) is 18.3 Å². The van der Waals surface area contributed by atoms with Crippen molar-refractivity contribution in [2.75, 3.05) is 0 Å². The van der Waals surface area contributed by atoms with Crippen molar-refractivity contribution >= 4 is 17.2 Å². The highest BCUT2D eigenvalue weighted by atomic mass is 32.1. The lowest BCUT2D eigenvalue weighted by Gasteiger charge is -1.91. The molecule has 0 bridgehead atoms. The fourth-order valence-electron chi connectivity index (χ4n) is 1.43. The van der Waals surface area contributed by atoms with Gasteiger partial charge in [0.05, 0.1) is 4.88 Å². The maximum atomic E-state index is 11.2. The smallest absolute Gasteiger partial charge is 0.261 e. The number of aryl methyl sites for hydroxylation is 1. The summed E-state index contributed by atoms with van der Waals surface area (Å²) < 4.78 is 0. The maximum Gasteiger partial charge on any atom is 0.261 e. The van der Waals surface area contributed by atoms with Gasteiger partial charge in [0.2, 0.25) is 0 Å². The van der Waals surface area contributed by atoms with E-state index in [1.807, 2.05) is 0 Å². The van der Waals surface area contributed by atoms with Crippen LogP contribution >= 0.6 is 11.3 Å². The van der Waals surface area contributed by atoms with Gasteiger partial charge >= 0.3 is 0 Å². The average molecular weight is 181 g/mol. The molecule has 0 atom stereocenters. The Balaban J connectivity index is 2.30. The summed E-state index contributed by atoms with van der Waals surface area (Å²) in [6, 6.07) is 2.15. The molecule has 12 heavy (non-hydrogen) atoms. The second kappa shape index (κ2) is 2.90. The highest BCUT2D eigenvalue weighted by Gasteiger charge is 2.21. The molecule has 2 rings (SSSR count). The van der Waals surface area contributed by atoms with E-state index in [0.29, 0.717) is 0 Å². The number of thiophene rings is 1. The summed E-state index contributed by atoms with van der Waals surface area (Å²) in [5.74, 6) is 0.109. The van der Waals surface area contributed by atoms with Crippen molar-refractivity contribution in [3.05, 3.63) is 21.4 Å². The zero-order valence-corrected chi connectivity index (χ0v) is 7.83. The predicted molar refractivity (Wildman–Crippen MR) is 49.5 cm³/mol. The molecule has 1 aromatic heterocycles. The van der Waals surface area contributed by atoms with Gasteiger partial charge in [-0.25, -0.2) is 0 Å². The number of carbonyl (C=O) groups is 1. The second-order valence-corrected chi connectivity index (χ2v) is 4.14. The summed E-state index contributed by atoms with van der Waals surface area (Å²) in [6.45, 7) is 2.89. The fourth-order valence-corrected chi connectivity index (χ4v) is 2.63. The molecule has 3 heteroatoms. The third-order valence-electron chi connectivity index (χ3n) is 2.00. The third kappa shape index (κ3) is 1.14. The Hall–Kier alpha value is -0.830. The SMILES string of the molecule is CCCc1cc2c(s1)C(=O)NC2. The van der Waals surface area contributed by atoms with E-state index in [-0.39, 0.29) is 5.91 Å². The monoisotopic (exact) mass is 181 g/mol. The van der Waals surface area contributed by atoms with Gasteiger partial charge in [0, 0.05) is 11.4 Å². The van der Waals surface area contributed by atoms with Gasteiger partial charge in [0.1, 0.15) is 0 Å². The Kier molecular flexibility index (Phi) is 1.89. The highest BCUT2D eigenvalue weighted by molar-refractivity contribution is 7.14. The normalized spacial score (nSPS) is 14.6. The first-order chi connectivity index (χ1) is 5.81. The molecule has 1 amide bonds. The molecule has 2 heterocycles. The van der Waals surface area contributed by atoms with Crippen LogP contribution in [0.2, 0.25) is 0 Å². The van der Waals surface area contributed by atoms with E-state index in [1.165, 1.54) is 10.4 Å². The van der Waals surface area contributed by atoms with Gasteiger partial charge in [-0.05, 0) is 18.1 Å². The first-order valence-corrected chi connectivity index (χ1v) is 5.02. The van der Waals surface area contributed by atoms with Gasteiger partial charge < -0.3 is 5.32 Å². The molecule has 0 saturated heterocycles. The number of rotatable bonds is 2. The Morgan fingerprint density at radius 2 is 2.50 bits per heavy atom. The molecular formula is C9H11NOS. The van der Waals surface area contributed by atoms with Crippen molar-refractivity contribution in [1.29, 1.82) is 0 Å². The average Bonchev–Trinajstić information content (AvgIpc) is 2.55. The quantitative estimate of drug-likeness (QED) is 0.742. The van der Waals surface area contributed by atoms with Crippen LogP contribution in [0, 0.1) is 0 Å². The van der Waals surface area contributed by atoms with Crippen LogP contribution in [0.5, 0.6) is 0 Å². The molecule has 1 aliphatic heterocycles.